The Morgan fingerprint density at radius 1 is 1.56 bits per heavy atom. The van der Waals surface area contributed by atoms with Gasteiger partial charge >= 0.3 is 0 Å². The smallest absolute Gasteiger partial charge is 0.257 e. The topological polar surface area (TPSA) is 58.1 Å². The van der Waals surface area contributed by atoms with Crippen molar-refractivity contribution in [2.45, 2.75) is 25.8 Å². The minimum atomic E-state index is 0. The summed E-state index contributed by atoms with van der Waals surface area (Å²) in [6.45, 7) is 3.43. The van der Waals surface area contributed by atoms with E-state index < -0.39 is 0 Å². The summed E-state index contributed by atoms with van der Waals surface area (Å²) in [6, 6.07) is 0.401. The van der Waals surface area contributed by atoms with Crippen LogP contribution in [-0.4, -0.2) is 47.0 Å². The molecule has 1 unspecified atom stereocenters. The van der Waals surface area contributed by atoms with Crippen LogP contribution in [0.3, 0.4) is 0 Å². The zero-order valence-corrected chi connectivity index (χ0v) is 11.5. The summed E-state index contributed by atoms with van der Waals surface area (Å²) in [6.07, 6.45) is 5.25. The Balaban J connectivity index is 0.00000162. The lowest BCUT2D eigenvalue weighted by atomic mass is 10.0. The van der Waals surface area contributed by atoms with Crippen molar-refractivity contribution in [1.29, 1.82) is 0 Å². The fourth-order valence-electron chi connectivity index (χ4n) is 2.17. The van der Waals surface area contributed by atoms with Crippen molar-refractivity contribution in [2.75, 3.05) is 20.1 Å². The number of aryl methyl sites for hydroxylation is 1. The van der Waals surface area contributed by atoms with Gasteiger partial charge in [-0.2, -0.15) is 0 Å². The number of piperidine rings is 1. The molecule has 1 fully saturated rings. The number of hydrogen-bond acceptors (Lipinski definition) is 4. The Bertz CT molecular complexity index is 413. The number of carbonyl (C=O) groups is 1. The molecule has 1 atom stereocenters. The van der Waals surface area contributed by atoms with E-state index in [1.807, 2.05) is 18.9 Å². The molecule has 2 rings (SSSR count). The molecule has 1 N–H and O–H groups in total. The van der Waals surface area contributed by atoms with Crippen molar-refractivity contribution in [2.24, 2.45) is 0 Å². The van der Waals surface area contributed by atoms with E-state index in [0.717, 1.165) is 31.6 Å². The van der Waals surface area contributed by atoms with Crippen molar-refractivity contribution in [3.8, 4) is 0 Å². The molecule has 0 bridgehead atoms. The molecule has 18 heavy (non-hydrogen) atoms. The van der Waals surface area contributed by atoms with Gasteiger partial charge in [-0.05, 0) is 26.8 Å². The summed E-state index contributed by atoms with van der Waals surface area (Å²) in [5.41, 5.74) is 1.36. The first-order valence-electron chi connectivity index (χ1n) is 5.95. The second-order valence-corrected chi connectivity index (χ2v) is 4.40. The van der Waals surface area contributed by atoms with Crippen molar-refractivity contribution < 1.29 is 4.79 Å². The molecule has 0 spiro atoms. The van der Waals surface area contributed by atoms with Crippen LogP contribution in [0.4, 0.5) is 0 Å². The van der Waals surface area contributed by atoms with Gasteiger partial charge in [-0.3, -0.25) is 4.79 Å². The largest absolute Gasteiger partial charge is 0.337 e. The Labute approximate surface area is 113 Å². The van der Waals surface area contributed by atoms with Crippen molar-refractivity contribution in [1.82, 2.24) is 20.2 Å². The van der Waals surface area contributed by atoms with E-state index in [1.165, 1.54) is 6.33 Å². The molecule has 1 aromatic heterocycles. The second kappa shape index (κ2) is 6.66. The first-order valence-corrected chi connectivity index (χ1v) is 5.95. The molecule has 1 aliphatic heterocycles. The summed E-state index contributed by atoms with van der Waals surface area (Å²) in [5.74, 6) is 0.0445. The van der Waals surface area contributed by atoms with E-state index in [2.05, 4.69) is 15.3 Å². The molecule has 1 amide bonds. The third kappa shape index (κ3) is 3.17. The molecule has 0 aromatic carbocycles. The molecule has 5 nitrogen and oxygen atoms in total. The number of nitrogens with one attached hydrogen (secondary N) is 1. The van der Waals surface area contributed by atoms with Crippen molar-refractivity contribution in [3.05, 3.63) is 23.8 Å². The van der Waals surface area contributed by atoms with Crippen LogP contribution in [0.5, 0.6) is 0 Å². The van der Waals surface area contributed by atoms with E-state index in [0.29, 0.717) is 11.6 Å². The summed E-state index contributed by atoms with van der Waals surface area (Å²) >= 11 is 0. The predicted octanol–water partition coefficient (Wildman–Crippen LogP) is 1.03. The molecule has 0 aliphatic carbocycles. The summed E-state index contributed by atoms with van der Waals surface area (Å²) in [4.78, 5) is 22.2. The summed E-state index contributed by atoms with van der Waals surface area (Å²) in [5, 5.41) is 3.23. The monoisotopic (exact) mass is 270 g/mol. The third-order valence-corrected chi connectivity index (χ3v) is 3.26. The van der Waals surface area contributed by atoms with Gasteiger partial charge in [0.1, 0.15) is 6.33 Å². The number of nitrogens with zero attached hydrogens (tertiary/aromatic N) is 3. The maximum atomic E-state index is 12.3. The molecule has 6 heteroatoms. The van der Waals surface area contributed by atoms with Crippen LogP contribution < -0.4 is 5.32 Å². The minimum Gasteiger partial charge on any atom is -0.337 e. The van der Waals surface area contributed by atoms with Crippen LogP contribution in [0.25, 0.3) is 0 Å². The highest BCUT2D eigenvalue weighted by Crippen LogP contribution is 2.14. The Hall–Kier alpha value is -1.20. The van der Waals surface area contributed by atoms with Crippen molar-refractivity contribution >= 4 is 18.3 Å². The predicted molar refractivity (Wildman–Crippen MR) is 72.0 cm³/mol. The maximum absolute atomic E-state index is 12.3. The fraction of sp³-hybridized carbons (Fsp3) is 0.583. The third-order valence-electron chi connectivity index (χ3n) is 3.26. The molecule has 0 saturated carbocycles. The van der Waals surface area contributed by atoms with Crippen LogP contribution in [0.1, 0.15) is 28.9 Å². The van der Waals surface area contributed by atoms with Gasteiger partial charge < -0.3 is 10.2 Å². The Morgan fingerprint density at radius 2 is 2.33 bits per heavy atom. The SMILES string of the molecule is CNC1CCCN(C(=O)c2cncnc2C)C1.Cl. The second-order valence-electron chi connectivity index (χ2n) is 4.40. The number of likely N-dealkylation sites (tertiary alicyclic amines) is 1. The highest BCUT2D eigenvalue weighted by Gasteiger charge is 2.24. The minimum absolute atomic E-state index is 0. The molecule has 2 heterocycles. The van der Waals surface area contributed by atoms with Gasteiger partial charge in [-0.1, -0.05) is 0 Å². The Morgan fingerprint density at radius 3 is 3.00 bits per heavy atom. The van der Waals surface area contributed by atoms with Gasteiger partial charge in [-0.25, -0.2) is 9.97 Å². The van der Waals surface area contributed by atoms with E-state index in [4.69, 9.17) is 0 Å². The van der Waals surface area contributed by atoms with Crippen LogP contribution in [0.15, 0.2) is 12.5 Å². The summed E-state index contributed by atoms with van der Waals surface area (Å²) in [7, 11) is 1.94. The quantitative estimate of drug-likeness (QED) is 0.872. The lowest BCUT2D eigenvalue weighted by Gasteiger charge is -2.32. The standard InChI is InChI=1S/C12H18N4O.ClH/c1-9-11(6-14-8-15-9)12(17)16-5-3-4-10(7-16)13-2;/h6,8,10,13H,3-5,7H2,1-2H3;1H. The molecular formula is C12H19ClN4O. The van der Waals surface area contributed by atoms with Gasteiger partial charge in [0.15, 0.2) is 0 Å². The number of amides is 1. The summed E-state index contributed by atoms with van der Waals surface area (Å²) < 4.78 is 0. The molecule has 1 saturated heterocycles. The van der Waals surface area contributed by atoms with Gasteiger partial charge in [-0.15, -0.1) is 12.4 Å². The van der Waals surface area contributed by atoms with Crippen LogP contribution in [0, 0.1) is 6.92 Å². The van der Waals surface area contributed by atoms with Crippen molar-refractivity contribution in [3.63, 3.8) is 0 Å². The lowest BCUT2D eigenvalue weighted by molar-refractivity contribution is 0.0696. The number of halogens is 1. The number of hydrogen-bond donors (Lipinski definition) is 1. The first-order chi connectivity index (χ1) is 8.22. The normalized spacial score (nSPS) is 19.2. The molecule has 1 aromatic rings. The number of carbonyl (C=O) groups excluding carboxylic acids is 1. The number of rotatable bonds is 2. The maximum Gasteiger partial charge on any atom is 0.257 e. The molecule has 1 aliphatic rings. The van der Waals surface area contributed by atoms with Gasteiger partial charge in [0, 0.05) is 25.3 Å². The fourth-order valence-corrected chi connectivity index (χ4v) is 2.17. The van der Waals surface area contributed by atoms with Crippen LogP contribution in [-0.2, 0) is 0 Å². The van der Waals surface area contributed by atoms with Gasteiger partial charge in [0.25, 0.3) is 5.91 Å². The highest BCUT2D eigenvalue weighted by atomic mass is 35.5. The van der Waals surface area contributed by atoms with E-state index in [-0.39, 0.29) is 18.3 Å². The Kier molecular flexibility index (Phi) is 5.50. The highest BCUT2D eigenvalue weighted by molar-refractivity contribution is 5.95. The average Bonchev–Trinajstić information content (AvgIpc) is 2.38. The molecular weight excluding hydrogens is 252 g/mol. The van der Waals surface area contributed by atoms with E-state index in [9.17, 15) is 4.79 Å². The van der Waals surface area contributed by atoms with E-state index in [1.54, 1.807) is 6.20 Å². The number of likely N-dealkylation sites (N-methyl/N-ethyl adjacent to an activating group) is 1. The van der Waals surface area contributed by atoms with Gasteiger partial charge in [0.2, 0.25) is 0 Å². The number of aromatic nitrogens is 2. The van der Waals surface area contributed by atoms with Crippen LogP contribution in [0.2, 0.25) is 0 Å². The zero-order valence-electron chi connectivity index (χ0n) is 10.7. The van der Waals surface area contributed by atoms with Crippen LogP contribution >= 0.6 is 12.4 Å². The van der Waals surface area contributed by atoms with E-state index >= 15 is 0 Å². The molecule has 0 radical (unpaired) electrons. The average molecular weight is 271 g/mol. The first kappa shape index (κ1) is 14.9. The zero-order chi connectivity index (χ0) is 12.3. The molecule has 100 valence electrons. The van der Waals surface area contributed by atoms with Gasteiger partial charge in [0.05, 0.1) is 11.3 Å². The lowest BCUT2D eigenvalue weighted by Crippen LogP contribution is -2.47.